The standard InChI is InChI=1S/C23H21N5O3/c1-2-31-23(30)22-21-12-19-17(10-15-6-4-3-5-7-15)25-26-28(19)20-11-16(13-29)8-9-18(20)27(21)14-24-22/h3-9,11,14,29H,2,10,12-13H2,1H3. The van der Waals surface area contributed by atoms with E-state index in [9.17, 15) is 9.90 Å². The Labute approximate surface area is 178 Å². The molecule has 2 aromatic carbocycles. The number of aliphatic hydroxyl groups excluding tert-OH is 1. The van der Waals surface area contributed by atoms with Crippen LogP contribution in [0.4, 0.5) is 0 Å². The lowest BCUT2D eigenvalue weighted by molar-refractivity contribution is 0.0519. The van der Waals surface area contributed by atoms with Gasteiger partial charge >= 0.3 is 5.97 Å². The molecule has 0 aliphatic carbocycles. The number of hydrogen-bond donors (Lipinski definition) is 1. The molecule has 0 radical (unpaired) electrons. The molecule has 1 aliphatic rings. The summed E-state index contributed by atoms with van der Waals surface area (Å²) in [6, 6.07) is 15.7. The lowest BCUT2D eigenvalue weighted by atomic mass is 10.1. The summed E-state index contributed by atoms with van der Waals surface area (Å²) in [6.45, 7) is 1.97. The number of nitrogens with zero attached hydrogens (tertiary/aromatic N) is 5. The fourth-order valence-electron chi connectivity index (χ4n) is 3.95. The first-order valence-corrected chi connectivity index (χ1v) is 10.1. The second kappa shape index (κ2) is 7.81. The molecule has 2 aromatic heterocycles. The van der Waals surface area contributed by atoms with Gasteiger partial charge in [0.2, 0.25) is 0 Å². The fraction of sp³-hybridized carbons (Fsp3) is 0.217. The topological polar surface area (TPSA) is 95.1 Å². The maximum absolute atomic E-state index is 12.6. The highest BCUT2D eigenvalue weighted by Gasteiger charge is 2.29. The molecule has 156 valence electrons. The van der Waals surface area contributed by atoms with Crippen LogP contribution in [0.15, 0.2) is 54.9 Å². The molecule has 8 heteroatoms. The summed E-state index contributed by atoms with van der Waals surface area (Å²) < 4.78 is 8.92. The minimum atomic E-state index is -0.449. The largest absolute Gasteiger partial charge is 0.461 e. The van der Waals surface area contributed by atoms with Crippen LogP contribution in [0.5, 0.6) is 0 Å². The average molecular weight is 415 g/mol. The first-order chi connectivity index (χ1) is 15.2. The zero-order valence-electron chi connectivity index (χ0n) is 17.0. The second-order valence-electron chi connectivity index (χ2n) is 7.35. The van der Waals surface area contributed by atoms with Gasteiger partial charge in [0.1, 0.15) is 6.33 Å². The lowest BCUT2D eigenvalue weighted by Gasteiger charge is -2.11. The Hall–Kier alpha value is -3.78. The number of carbonyl (C=O) groups is 1. The molecule has 1 N–H and O–H groups in total. The van der Waals surface area contributed by atoms with Crippen LogP contribution >= 0.6 is 0 Å². The number of aliphatic hydroxyl groups is 1. The van der Waals surface area contributed by atoms with Gasteiger partial charge in [-0.15, -0.1) is 5.10 Å². The summed E-state index contributed by atoms with van der Waals surface area (Å²) in [7, 11) is 0. The quantitative estimate of drug-likeness (QED) is 0.444. The van der Waals surface area contributed by atoms with Crippen molar-refractivity contribution in [3.05, 3.63) is 88.8 Å². The van der Waals surface area contributed by atoms with Crippen LogP contribution in [0.2, 0.25) is 0 Å². The minimum Gasteiger partial charge on any atom is -0.461 e. The van der Waals surface area contributed by atoms with Crippen LogP contribution in [0.1, 0.15) is 45.6 Å². The Morgan fingerprint density at radius 2 is 1.94 bits per heavy atom. The van der Waals surface area contributed by atoms with Crippen molar-refractivity contribution in [2.75, 3.05) is 6.61 Å². The number of fused-ring (bicyclic) bond motifs is 5. The van der Waals surface area contributed by atoms with Gasteiger partial charge in [0.25, 0.3) is 0 Å². The number of esters is 1. The van der Waals surface area contributed by atoms with Gasteiger partial charge < -0.3 is 9.84 Å². The molecule has 5 rings (SSSR count). The van der Waals surface area contributed by atoms with E-state index < -0.39 is 5.97 Å². The van der Waals surface area contributed by atoms with Gasteiger partial charge in [0.15, 0.2) is 5.69 Å². The molecule has 4 aromatic rings. The van der Waals surface area contributed by atoms with E-state index in [2.05, 4.69) is 27.4 Å². The van der Waals surface area contributed by atoms with E-state index in [0.717, 1.165) is 39.6 Å². The molecule has 31 heavy (non-hydrogen) atoms. The maximum atomic E-state index is 12.6. The third-order valence-electron chi connectivity index (χ3n) is 5.44. The van der Waals surface area contributed by atoms with E-state index in [4.69, 9.17) is 4.74 Å². The highest BCUT2D eigenvalue weighted by Crippen LogP contribution is 2.31. The van der Waals surface area contributed by atoms with Gasteiger partial charge in [-0.1, -0.05) is 41.6 Å². The molecular weight excluding hydrogens is 394 g/mol. The highest BCUT2D eigenvalue weighted by atomic mass is 16.5. The summed E-state index contributed by atoms with van der Waals surface area (Å²) in [5, 5.41) is 18.6. The third kappa shape index (κ3) is 3.30. The number of aromatic nitrogens is 5. The van der Waals surface area contributed by atoms with Gasteiger partial charge in [-0.2, -0.15) is 0 Å². The molecular formula is C23H21N5O3. The fourth-order valence-corrected chi connectivity index (χ4v) is 3.95. The molecule has 8 nitrogen and oxygen atoms in total. The Morgan fingerprint density at radius 3 is 2.71 bits per heavy atom. The van der Waals surface area contributed by atoms with E-state index in [1.54, 1.807) is 17.9 Å². The van der Waals surface area contributed by atoms with Crippen LogP contribution in [-0.4, -0.2) is 42.2 Å². The maximum Gasteiger partial charge on any atom is 0.358 e. The van der Waals surface area contributed by atoms with Crippen molar-refractivity contribution in [2.45, 2.75) is 26.4 Å². The summed E-state index contributed by atoms with van der Waals surface area (Å²) >= 11 is 0. The predicted octanol–water partition coefficient (Wildman–Crippen LogP) is 2.62. The molecule has 0 amide bonds. The Balaban J connectivity index is 1.70. The van der Waals surface area contributed by atoms with Crippen molar-refractivity contribution in [1.29, 1.82) is 0 Å². The van der Waals surface area contributed by atoms with Crippen molar-refractivity contribution < 1.29 is 14.6 Å². The number of carbonyl (C=O) groups excluding carboxylic acids is 1. The molecule has 0 fully saturated rings. The lowest BCUT2D eigenvalue weighted by Crippen LogP contribution is -2.11. The molecule has 0 spiro atoms. The second-order valence-corrected chi connectivity index (χ2v) is 7.35. The Kier molecular flexibility index (Phi) is 4.83. The highest BCUT2D eigenvalue weighted by molar-refractivity contribution is 5.89. The van der Waals surface area contributed by atoms with Gasteiger partial charge in [-0.25, -0.2) is 14.5 Å². The van der Waals surface area contributed by atoms with Crippen molar-refractivity contribution >= 4 is 5.97 Å². The number of rotatable bonds is 5. The molecule has 0 bridgehead atoms. The average Bonchev–Trinajstić information content (AvgIpc) is 3.36. The molecule has 0 unspecified atom stereocenters. The molecule has 0 saturated heterocycles. The van der Waals surface area contributed by atoms with Crippen molar-refractivity contribution in [1.82, 2.24) is 24.5 Å². The SMILES string of the molecule is CCOC(=O)c1ncn2c1Cc1c(Cc3ccccc3)nnn1-c1cc(CO)ccc1-2. The summed E-state index contributed by atoms with van der Waals surface area (Å²) in [4.78, 5) is 16.9. The Bertz CT molecular complexity index is 1260. The molecule has 3 heterocycles. The van der Waals surface area contributed by atoms with Crippen LogP contribution in [0, 0.1) is 0 Å². The third-order valence-corrected chi connectivity index (χ3v) is 5.44. The summed E-state index contributed by atoms with van der Waals surface area (Å²) in [5.74, 6) is -0.449. The van der Waals surface area contributed by atoms with E-state index in [0.29, 0.717) is 18.5 Å². The van der Waals surface area contributed by atoms with Gasteiger partial charge in [0, 0.05) is 12.8 Å². The molecule has 1 aliphatic heterocycles. The summed E-state index contributed by atoms with van der Waals surface area (Å²) in [5.41, 5.74) is 6.20. The monoisotopic (exact) mass is 415 g/mol. The smallest absolute Gasteiger partial charge is 0.358 e. The normalized spacial score (nSPS) is 11.9. The van der Waals surface area contributed by atoms with Crippen LogP contribution in [0.25, 0.3) is 11.4 Å². The van der Waals surface area contributed by atoms with E-state index in [1.165, 1.54) is 0 Å². The van der Waals surface area contributed by atoms with Crippen molar-refractivity contribution in [2.24, 2.45) is 0 Å². The van der Waals surface area contributed by atoms with Crippen molar-refractivity contribution in [3.8, 4) is 11.4 Å². The first-order valence-electron chi connectivity index (χ1n) is 10.1. The number of imidazole rings is 1. The van der Waals surface area contributed by atoms with Gasteiger partial charge in [0.05, 0.1) is 41.7 Å². The predicted molar refractivity (Wildman–Crippen MR) is 112 cm³/mol. The van der Waals surface area contributed by atoms with Gasteiger partial charge in [-0.3, -0.25) is 4.57 Å². The van der Waals surface area contributed by atoms with Crippen LogP contribution < -0.4 is 0 Å². The van der Waals surface area contributed by atoms with Crippen molar-refractivity contribution in [3.63, 3.8) is 0 Å². The number of benzene rings is 2. The van der Waals surface area contributed by atoms with Crippen LogP contribution in [0.3, 0.4) is 0 Å². The number of hydrogen-bond acceptors (Lipinski definition) is 6. The molecule has 0 saturated carbocycles. The zero-order chi connectivity index (χ0) is 21.4. The van der Waals surface area contributed by atoms with E-state index in [-0.39, 0.29) is 13.2 Å². The summed E-state index contributed by atoms with van der Waals surface area (Å²) in [6.07, 6.45) is 2.68. The minimum absolute atomic E-state index is 0.0843. The zero-order valence-corrected chi connectivity index (χ0v) is 17.0. The first kappa shape index (κ1) is 19.2. The molecule has 0 atom stereocenters. The Morgan fingerprint density at radius 1 is 1.10 bits per heavy atom. The van der Waals surface area contributed by atoms with E-state index in [1.807, 2.05) is 41.0 Å². The van der Waals surface area contributed by atoms with E-state index >= 15 is 0 Å². The number of ether oxygens (including phenoxy) is 1. The van der Waals surface area contributed by atoms with Crippen LogP contribution in [-0.2, 0) is 24.2 Å². The van der Waals surface area contributed by atoms with Gasteiger partial charge in [-0.05, 0) is 30.2 Å².